The van der Waals surface area contributed by atoms with Crippen molar-refractivity contribution in [2.45, 2.75) is 9.72 Å². The van der Waals surface area contributed by atoms with E-state index in [2.05, 4.69) is 31.9 Å². The third-order valence-electron chi connectivity index (χ3n) is 2.49. The van der Waals surface area contributed by atoms with E-state index < -0.39 is 9.84 Å². The minimum atomic E-state index is -3.20. The molecule has 0 saturated heterocycles. The monoisotopic (exact) mass is 442 g/mol. The average molecular weight is 445 g/mol. The van der Waals surface area contributed by atoms with E-state index in [1.165, 1.54) is 17.6 Å². The summed E-state index contributed by atoms with van der Waals surface area (Å²) in [5, 5.41) is 0. The van der Waals surface area contributed by atoms with Crippen molar-refractivity contribution in [2.24, 2.45) is 0 Å². The molecule has 0 aliphatic heterocycles. The molecule has 2 aromatic rings. The predicted molar refractivity (Wildman–Crippen MR) is 87.4 cm³/mol. The number of hydrogen-bond acceptors (Lipinski definition) is 3. The summed E-state index contributed by atoms with van der Waals surface area (Å²) in [6.07, 6.45) is 1.20. The average Bonchev–Trinajstić information content (AvgIpc) is 2.68. The van der Waals surface area contributed by atoms with Gasteiger partial charge in [-0.2, -0.15) is 0 Å². The summed E-state index contributed by atoms with van der Waals surface area (Å²) in [6, 6.07) is 8.82. The van der Waals surface area contributed by atoms with Crippen LogP contribution in [0, 0.1) is 0 Å². The Morgan fingerprint density at radius 2 is 2.00 bits per heavy atom. The SMILES string of the molecule is CS(=O)(=O)c1cccc(C(Br)c2cc(Br)c(Cl)s2)c1. The van der Waals surface area contributed by atoms with Crippen molar-refractivity contribution in [3.05, 3.63) is 49.6 Å². The Morgan fingerprint density at radius 3 is 2.53 bits per heavy atom. The topological polar surface area (TPSA) is 34.1 Å². The quantitative estimate of drug-likeness (QED) is 0.621. The maximum atomic E-state index is 11.6. The van der Waals surface area contributed by atoms with Gasteiger partial charge in [-0.05, 0) is 39.7 Å². The second kappa shape index (κ2) is 5.85. The lowest BCUT2D eigenvalue weighted by Gasteiger charge is -2.09. The van der Waals surface area contributed by atoms with Gasteiger partial charge >= 0.3 is 0 Å². The lowest BCUT2D eigenvalue weighted by atomic mass is 10.1. The molecular weight excluding hydrogens is 436 g/mol. The smallest absolute Gasteiger partial charge is 0.175 e. The van der Waals surface area contributed by atoms with Gasteiger partial charge in [0.2, 0.25) is 0 Å². The first-order valence-corrected chi connectivity index (χ1v) is 9.97. The molecule has 0 amide bonds. The first-order valence-electron chi connectivity index (χ1n) is 5.18. The zero-order valence-electron chi connectivity index (χ0n) is 9.73. The first-order chi connectivity index (χ1) is 8.79. The van der Waals surface area contributed by atoms with Crippen LogP contribution in [0.1, 0.15) is 15.3 Å². The molecule has 2 rings (SSSR count). The Balaban J connectivity index is 2.42. The summed E-state index contributed by atoms with van der Waals surface area (Å²) in [5.41, 5.74) is 0.883. The van der Waals surface area contributed by atoms with Gasteiger partial charge in [0.05, 0.1) is 9.72 Å². The van der Waals surface area contributed by atoms with Gasteiger partial charge in [0, 0.05) is 15.6 Å². The summed E-state index contributed by atoms with van der Waals surface area (Å²) in [7, 11) is -3.20. The molecule has 0 aliphatic rings. The van der Waals surface area contributed by atoms with Gasteiger partial charge in [-0.3, -0.25) is 0 Å². The van der Waals surface area contributed by atoms with Crippen LogP contribution >= 0.6 is 54.8 Å². The van der Waals surface area contributed by atoms with Crippen LogP contribution in [0.15, 0.2) is 39.7 Å². The number of thiophene rings is 1. The standard InChI is InChI=1S/C12H9Br2ClO2S2/c1-19(16,17)8-4-2-3-7(5-8)11(14)10-6-9(13)12(15)18-10/h2-6,11H,1H3. The number of halogens is 3. The van der Waals surface area contributed by atoms with Gasteiger partial charge < -0.3 is 0 Å². The van der Waals surface area contributed by atoms with Gasteiger partial charge in [0.25, 0.3) is 0 Å². The fourth-order valence-corrected chi connectivity index (χ4v) is 4.67. The third-order valence-corrected chi connectivity index (χ3v) is 7.47. The van der Waals surface area contributed by atoms with Crippen LogP contribution in [0.2, 0.25) is 4.34 Å². The molecule has 1 atom stereocenters. The summed E-state index contributed by atoms with van der Waals surface area (Å²) < 4.78 is 24.6. The van der Waals surface area contributed by atoms with Crippen molar-refractivity contribution in [3.63, 3.8) is 0 Å². The minimum Gasteiger partial charge on any atom is -0.224 e. The Bertz CT molecular complexity index is 691. The Labute approximate surface area is 138 Å². The third kappa shape index (κ3) is 3.61. The van der Waals surface area contributed by atoms with Crippen molar-refractivity contribution in [1.29, 1.82) is 0 Å². The number of benzene rings is 1. The highest BCUT2D eigenvalue weighted by molar-refractivity contribution is 9.10. The van der Waals surface area contributed by atoms with E-state index in [-0.39, 0.29) is 4.83 Å². The highest BCUT2D eigenvalue weighted by Gasteiger charge is 2.17. The van der Waals surface area contributed by atoms with Crippen LogP contribution in [0.25, 0.3) is 0 Å². The highest BCUT2D eigenvalue weighted by atomic mass is 79.9. The van der Waals surface area contributed by atoms with Gasteiger partial charge in [-0.1, -0.05) is 39.7 Å². The Hall–Kier alpha value is 0.120. The molecule has 0 aliphatic carbocycles. The van der Waals surface area contributed by atoms with Crippen LogP contribution < -0.4 is 0 Å². The van der Waals surface area contributed by atoms with E-state index in [0.717, 1.165) is 14.9 Å². The summed E-state index contributed by atoms with van der Waals surface area (Å²) >= 11 is 14.4. The molecule has 1 unspecified atom stereocenters. The fourth-order valence-electron chi connectivity index (χ4n) is 1.56. The molecule has 0 bridgehead atoms. The van der Waals surface area contributed by atoms with Crippen molar-refractivity contribution in [2.75, 3.05) is 6.26 Å². The van der Waals surface area contributed by atoms with Crippen LogP contribution in [0.4, 0.5) is 0 Å². The van der Waals surface area contributed by atoms with Crippen LogP contribution in [-0.4, -0.2) is 14.7 Å². The molecular formula is C12H9Br2ClO2S2. The van der Waals surface area contributed by atoms with E-state index in [0.29, 0.717) is 9.23 Å². The Kier molecular flexibility index (Phi) is 4.78. The second-order valence-electron chi connectivity index (χ2n) is 3.98. The predicted octanol–water partition coefficient (Wildman–Crippen LogP) is 5.05. The van der Waals surface area contributed by atoms with Crippen molar-refractivity contribution < 1.29 is 8.42 Å². The Morgan fingerprint density at radius 1 is 1.32 bits per heavy atom. The van der Waals surface area contributed by atoms with Crippen LogP contribution in [0.3, 0.4) is 0 Å². The molecule has 0 saturated carbocycles. The zero-order valence-corrected chi connectivity index (χ0v) is 15.3. The zero-order chi connectivity index (χ0) is 14.2. The maximum Gasteiger partial charge on any atom is 0.175 e. The molecule has 7 heteroatoms. The number of rotatable bonds is 3. The van der Waals surface area contributed by atoms with Crippen molar-refractivity contribution in [3.8, 4) is 0 Å². The number of sulfone groups is 1. The first kappa shape index (κ1) is 15.5. The van der Waals surface area contributed by atoms with Gasteiger partial charge in [0.1, 0.15) is 4.34 Å². The van der Waals surface area contributed by atoms with E-state index in [1.807, 2.05) is 12.1 Å². The summed E-state index contributed by atoms with van der Waals surface area (Å²) in [5.74, 6) is 0. The van der Waals surface area contributed by atoms with E-state index in [4.69, 9.17) is 11.6 Å². The molecule has 19 heavy (non-hydrogen) atoms. The molecule has 2 nitrogen and oxygen atoms in total. The molecule has 1 aromatic heterocycles. The molecule has 102 valence electrons. The largest absolute Gasteiger partial charge is 0.224 e. The molecule has 1 aromatic carbocycles. The van der Waals surface area contributed by atoms with Crippen molar-refractivity contribution >= 4 is 64.6 Å². The normalized spacial score (nSPS) is 13.5. The molecule has 0 N–H and O–H groups in total. The molecule has 0 fully saturated rings. The van der Waals surface area contributed by atoms with Crippen LogP contribution in [-0.2, 0) is 9.84 Å². The summed E-state index contributed by atoms with van der Waals surface area (Å²) in [6.45, 7) is 0. The minimum absolute atomic E-state index is 0.0806. The van der Waals surface area contributed by atoms with Gasteiger partial charge in [0.15, 0.2) is 9.84 Å². The molecule has 0 spiro atoms. The van der Waals surface area contributed by atoms with E-state index in [9.17, 15) is 8.42 Å². The van der Waals surface area contributed by atoms with Crippen molar-refractivity contribution in [1.82, 2.24) is 0 Å². The second-order valence-corrected chi connectivity index (χ2v) is 9.45. The van der Waals surface area contributed by atoms with Gasteiger partial charge in [-0.15, -0.1) is 11.3 Å². The van der Waals surface area contributed by atoms with E-state index >= 15 is 0 Å². The highest BCUT2D eigenvalue weighted by Crippen LogP contribution is 2.41. The van der Waals surface area contributed by atoms with E-state index in [1.54, 1.807) is 18.2 Å². The lowest BCUT2D eigenvalue weighted by Crippen LogP contribution is -1.99. The van der Waals surface area contributed by atoms with Crippen LogP contribution in [0.5, 0.6) is 0 Å². The number of hydrogen-bond donors (Lipinski definition) is 0. The van der Waals surface area contributed by atoms with Gasteiger partial charge in [-0.25, -0.2) is 8.42 Å². The maximum absolute atomic E-state index is 11.6. The fraction of sp³-hybridized carbons (Fsp3) is 0.167. The molecule has 1 heterocycles. The summed E-state index contributed by atoms with van der Waals surface area (Å²) in [4.78, 5) is 1.25. The molecule has 0 radical (unpaired) electrons. The lowest BCUT2D eigenvalue weighted by molar-refractivity contribution is 0.602. The number of alkyl halides is 1.